The first-order valence-electron chi connectivity index (χ1n) is 10.8. The number of alkyl halides is 3. The van der Waals surface area contributed by atoms with E-state index in [0.29, 0.717) is 50.5 Å². The highest BCUT2D eigenvalue weighted by Gasteiger charge is 2.32. The number of piperazine rings is 1. The van der Waals surface area contributed by atoms with Crippen LogP contribution in [0.3, 0.4) is 0 Å². The molecule has 14 heteroatoms. The van der Waals surface area contributed by atoms with E-state index in [1.165, 1.54) is 6.07 Å². The van der Waals surface area contributed by atoms with Gasteiger partial charge in [0.2, 0.25) is 11.9 Å². The molecule has 186 valence electrons. The molecule has 0 atom stereocenters. The van der Waals surface area contributed by atoms with Crippen molar-refractivity contribution in [3.63, 3.8) is 0 Å². The summed E-state index contributed by atoms with van der Waals surface area (Å²) in [5.41, 5.74) is 5.68. The lowest BCUT2D eigenvalue weighted by Crippen LogP contribution is -2.49. The van der Waals surface area contributed by atoms with Gasteiger partial charge in [-0.3, -0.25) is 9.59 Å². The number of nitrogens with two attached hydrogens (primary N) is 1. The second-order valence-corrected chi connectivity index (χ2v) is 7.84. The molecule has 0 saturated carbocycles. The summed E-state index contributed by atoms with van der Waals surface area (Å²) in [7, 11) is 0. The van der Waals surface area contributed by atoms with Gasteiger partial charge in [-0.25, -0.2) is 19.9 Å². The minimum Gasteiger partial charge on any atom is -0.379 e. The third-order valence-electron chi connectivity index (χ3n) is 5.53. The van der Waals surface area contributed by atoms with Gasteiger partial charge in [-0.2, -0.15) is 13.2 Å². The van der Waals surface area contributed by atoms with Crippen molar-refractivity contribution in [2.45, 2.75) is 19.1 Å². The lowest BCUT2D eigenvalue weighted by molar-refractivity contribution is -0.138. The van der Waals surface area contributed by atoms with E-state index in [1.54, 1.807) is 26.8 Å². The maximum Gasteiger partial charge on any atom is 0.419 e. The van der Waals surface area contributed by atoms with Crippen LogP contribution in [0.1, 0.15) is 22.5 Å². The number of hydrogen-bond acceptors (Lipinski definition) is 8. The Hall–Kier alpha value is -3.81. The first-order chi connectivity index (χ1) is 16.7. The van der Waals surface area contributed by atoms with Gasteiger partial charge >= 0.3 is 6.18 Å². The van der Waals surface area contributed by atoms with Gasteiger partial charge in [0.05, 0.1) is 31.5 Å². The number of nitrogens with zero attached hydrogens (tertiary/aromatic N) is 7. The summed E-state index contributed by atoms with van der Waals surface area (Å²) >= 11 is 0. The molecule has 3 aromatic heterocycles. The fourth-order valence-corrected chi connectivity index (χ4v) is 3.61. The van der Waals surface area contributed by atoms with Crippen LogP contribution in [0.15, 0.2) is 30.9 Å². The van der Waals surface area contributed by atoms with E-state index >= 15 is 0 Å². The second kappa shape index (κ2) is 10.2. The third kappa shape index (κ3) is 5.82. The van der Waals surface area contributed by atoms with Crippen LogP contribution in [0.2, 0.25) is 0 Å². The normalized spacial score (nSPS) is 14.5. The fourth-order valence-electron chi connectivity index (χ4n) is 3.61. The average Bonchev–Trinajstić information content (AvgIpc) is 3.25. The minimum absolute atomic E-state index is 0.0705. The zero-order chi connectivity index (χ0) is 25.0. The molecule has 4 rings (SSSR count). The number of rotatable bonds is 8. The van der Waals surface area contributed by atoms with Crippen LogP contribution >= 0.6 is 0 Å². The summed E-state index contributed by atoms with van der Waals surface area (Å²) in [5.74, 6) is -0.487. The van der Waals surface area contributed by atoms with E-state index in [-0.39, 0.29) is 30.6 Å². The van der Waals surface area contributed by atoms with Gasteiger partial charge in [-0.15, -0.1) is 0 Å². The summed E-state index contributed by atoms with van der Waals surface area (Å²) in [6.07, 6.45) is -1.17. The number of carbonyl (C=O) groups is 2. The Kier molecular flexibility index (Phi) is 7.10. The van der Waals surface area contributed by atoms with Crippen molar-refractivity contribution in [1.82, 2.24) is 29.4 Å². The largest absolute Gasteiger partial charge is 0.419 e. The molecule has 3 aromatic rings. The highest BCUT2D eigenvalue weighted by Crippen LogP contribution is 2.28. The number of hydrogen-bond donors (Lipinski definition) is 1. The number of halogens is 3. The van der Waals surface area contributed by atoms with Gasteiger partial charge in [0.15, 0.2) is 5.65 Å². The Balaban J connectivity index is 1.18. The molecule has 4 heterocycles. The molecule has 0 radical (unpaired) electrons. The summed E-state index contributed by atoms with van der Waals surface area (Å²) < 4.78 is 45.3. The second-order valence-electron chi connectivity index (χ2n) is 7.84. The maximum absolute atomic E-state index is 12.7. The van der Waals surface area contributed by atoms with Crippen molar-refractivity contribution in [3.05, 3.63) is 42.1 Å². The molecule has 35 heavy (non-hydrogen) atoms. The molecule has 0 bridgehead atoms. The molecule has 0 aromatic carbocycles. The SMILES string of the molecule is NC(=O)c1ccc2ncn(CCOCCC(=O)N3CCN(c4ncc(C(F)(F)F)cn4)CC3)c2n1. The Morgan fingerprint density at radius 1 is 1.03 bits per heavy atom. The number of anilines is 1. The molecule has 2 amide bonds. The average molecular weight is 492 g/mol. The third-order valence-corrected chi connectivity index (χ3v) is 5.53. The lowest BCUT2D eigenvalue weighted by atomic mass is 10.3. The molecule has 0 spiro atoms. The summed E-state index contributed by atoms with van der Waals surface area (Å²) in [5, 5.41) is 0. The van der Waals surface area contributed by atoms with Gasteiger partial charge < -0.3 is 24.8 Å². The number of aromatic nitrogens is 5. The maximum atomic E-state index is 12.7. The van der Waals surface area contributed by atoms with E-state index in [4.69, 9.17) is 10.5 Å². The Bertz CT molecular complexity index is 1190. The topological polar surface area (TPSA) is 132 Å². The van der Waals surface area contributed by atoms with Crippen LogP contribution in [0.5, 0.6) is 0 Å². The van der Waals surface area contributed by atoms with E-state index in [2.05, 4.69) is 19.9 Å². The molecule has 1 saturated heterocycles. The number of imidazole rings is 1. The van der Waals surface area contributed by atoms with Crippen molar-refractivity contribution < 1.29 is 27.5 Å². The molecule has 11 nitrogen and oxygen atoms in total. The number of primary amides is 1. The summed E-state index contributed by atoms with van der Waals surface area (Å²) in [4.78, 5) is 43.3. The van der Waals surface area contributed by atoms with Crippen LogP contribution in [-0.4, -0.2) is 80.6 Å². The smallest absolute Gasteiger partial charge is 0.379 e. The number of pyridine rings is 1. The van der Waals surface area contributed by atoms with Gasteiger partial charge in [0.1, 0.15) is 11.2 Å². The molecule has 0 aliphatic carbocycles. The van der Waals surface area contributed by atoms with E-state index in [0.717, 1.165) is 12.4 Å². The predicted octanol–water partition coefficient (Wildman–Crippen LogP) is 1.09. The van der Waals surface area contributed by atoms with E-state index in [1.807, 2.05) is 0 Å². The highest BCUT2D eigenvalue weighted by molar-refractivity contribution is 5.92. The van der Waals surface area contributed by atoms with Crippen molar-refractivity contribution in [2.75, 3.05) is 44.3 Å². The highest BCUT2D eigenvalue weighted by atomic mass is 19.4. The quantitative estimate of drug-likeness (QED) is 0.462. The molecule has 1 aliphatic heterocycles. The molecular formula is C21H23F3N8O3. The molecule has 0 unspecified atom stereocenters. The number of amides is 2. The van der Waals surface area contributed by atoms with Gasteiger partial charge in [-0.05, 0) is 12.1 Å². The first-order valence-corrected chi connectivity index (χ1v) is 10.8. The first kappa shape index (κ1) is 24.3. The van der Waals surface area contributed by atoms with E-state index in [9.17, 15) is 22.8 Å². The standard InChI is InChI=1S/C21H23F3N8O3/c22-21(23,24)14-11-26-20(27-12-14)31-6-4-30(5-7-31)17(33)3-9-35-10-8-32-13-28-16-2-1-15(18(25)34)29-19(16)32/h1-2,11-13H,3-10H2,(H2,25,34). The molecule has 1 aliphatic rings. The number of ether oxygens (including phenoxy) is 1. The Morgan fingerprint density at radius 2 is 1.74 bits per heavy atom. The lowest BCUT2D eigenvalue weighted by Gasteiger charge is -2.34. The monoisotopic (exact) mass is 492 g/mol. The van der Waals surface area contributed by atoms with Gasteiger partial charge in [0.25, 0.3) is 5.91 Å². The minimum atomic E-state index is -4.48. The van der Waals surface area contributed by atoms with Crippen LogP contribution in [0.4, 0.5) is 19.1 Å². The number of carbonyl (C=O) groups excluding carboxylic acids is 2. The van der Waals surface area contributed by atoms with Crippen molar-refractivity contribution in [1.29, 1.82) is 0 Å². The fraction of sp³-hybridized carbons (Fsp3) is 0.429. The summed E-state index contributed by atoms with van der Waals surface area (Å²) in [6.45, 7) is 2.66. The molecule has 1 fully saturated rings. The summed E-state index contributed by atoms with van der Waals surface area (Å²) in [6, 6.07) is 3.18. The van der Waals surface area contributed by atoms with E-state index < -0.39 is 17.6 Å². The van der Waals surface area contributed by atoms with Crippen molar-refractivity contribution in [3.8, 4) is 0 Å². The van der Waals surface area contributed by atoms with Crippen molar-refractivity contribution in [2.24, 2.45) is 5.73 Å². The Labute approximate surface area is 197 Å². The van der Waals surface area contributed by atoms with Gasteiger partial charge in [-0.1, -0.05) is 0 Å². The van der Waals surface area contributed by atoms with Crippen LogP contribution in [-0.2, 0) is 22.3 Å². The van der Waals surface area contributed by atoms with Gasteiger partial charge in [0, 0.05) is 45.1 Å². The molecular weight excluding hydrogens is 469 g/mol. The zero-order valence-electron chi connectivity index (χ0n) is 18.6. The Morgan fingerprint density at radius 3 is 2.40 bits per heavy atom. The van der Waals surface area contributed by atoms with Crippen LogP contribution in [0, 0.1) is 0 Å². The van der Waals surface area contributed by atoms with Crippen LogP contribution in [0.25, 0.3) is 11.2 Å². The molecule has 2 N–H and O–H groups in total. The van der Waals surface area contributed by atoms with Crippen molar-refractivity contribution >= 4 is 28.9 Å². The predicted molar refractivity (Wildman–Crippen MR) is 117 cm³/mol. The number of fused-ring (bicyclic) bond motifs is 1. The van der Waals surface area contributed by atoms with Crippen LogP contribution < -0.4 is 10.6 Å². The zero-order valence-corrected chi connectivity index (χ0v) is 18.6.